The number of carbonyl (C=O) groups excluding carboxylic acids is 3. The van der Waals surface area contributed by atoms with Crippen LogP contribution < -0.4 is 0 Å². The summed E-state index contributed by atoms with van der Waals surface area (Å²) >= 11 is 0. The Morgan fingerprint density at radius 3 is 1.07 bits per heavy atom. The molecule has 0 aromatic rings. The molecular weight excluding hydrogens is 733 g/mol. The van der Waals surface area contributed by atoms with Crippen molar-refractivity contribution in [1.82, 2.24) is 0 Å². The van der Waals surface area contributed by atoms with Gasteiger partial charge in [0.25, 0.3) is 0 Å². The molecule has 340 valence electrons. The zero-order valence-electron chi connectivity index (χ0n) is 38.8. The highest BCUT2D eigenvalue weighted by molar-refractivity contribution is 5.71. The highest BCUT2D eigenvalue weighted by Gasteiger charge is 2.19. The van der Waals surface area contributed by atoms with Gasteiger partial charge in [-0.05, 0) is 83.5 Å². The highest BCUT2D eigenvalue weighted by atomic mass is 16.6. The molecule has 6 heteroatoms. The van der Waals surface area contributed by atoms with Gasteiger partial charge in [0.1, 0.15) is 13.2 Å². The van der Waals surface area contributed by atoms with Crippen LogP contribution in [0.4, 0.5) is 0 Å². The first kappa shape index (κ1) is 56.1. The zero-order chi connectivity index (χ0) is 43.0. The van der Waals surface area contributed by atoms with Gasteiger partial charge in [0.05, 0.1) is 0 Å². The lowest BCUT2D eigenvalue weighted by Gasteiger charge is -2.18. The molecule has 0 aromatic heterocycles. The predicted molar refractivity (Wildman–Crippen MR) is 251 cm³/mol. The SMILES string of the molecule is CC/C=C\C/C=C\C/C=C\CCCCCCCC(=O)OC[C@@H](COC(=O)CCCCCCCCCCCCC)OC(=O)CCCCCCC/C=C\C/C=C\CCCCC. The van der Waals surface area contributed by atoms with Gasteiger partial charge in [-0.2, -0.15) is 0 Å². The minimum Gasteiger partial charge on any atom is -0.462 e. The summed E-state index contributed by atoms with van der Waals surface area (Å²) in [6.45, 7) is 6.47. The van der Waals surface area contributed by atoms with E-state index < -0.39 is 6.10 Å². The average Bonchev–Trinajstić information content (AvgIpc) is 3.23. The molecule has 0 N–H and O–H groups in total. The average molecular weight is 825 g/mol. The molecule has 0 aliphatic carbocycles. The Kier molecular flexibility index (Phi) is 45.4. The molecule has 0 heterocycles. The Morgan fingerprint density at radius 1 is 0.356 bits per heavy atom. The van der Waals surface area contributed by atoms with Gasteiger partial charge >= 0.3 is 17.9 Å². The van der Waals surface area contributed by atoms with Gasteiger partial charge in [0.15, 0.2) is 6.10 Å². The van der Waals surface area contributed by atoms with E-state index in [-0.39, 0.29) is 31.1 Å². The summed E-state index contributed by atoms with van der Waals surface area (Å²) in [6.07, 6.45) is 57.7. The molecule has 59 heavy (non-hydrogen) atoms. The van der Waals surface area contributed by atoms with Gasteiger partial charge in [-0.25, -0.2) is 0 Å². The van der Waals surface area contributed by atoms with Crippen LogP contribution in [0.2, 0.25) is 0 Å². The van der Waals surface area contributed by atoms with Crippen LogP contribution in [0.25, 0.3) is 0 Å². The minimum absolute atomic E-state index is 0.0842. The maximum absolute atomic E-state index is 12.8. The summed E-state index contributed by atoms with van der Waals surface area (Å²) in [5.74, 6) is -0.915. The van der Waals surface area contributed by atoms with Gasteiger partial charge in [-0.1, -0.05) is 197 Å². The van der Waals surface area contributed by atoms with Gasteiger partial charge in [-0.15, -0.1) is 0 Å². The van der Waals surface area contributed by atoms with Crippen molar-refractivity contribution in [2.24, 2.45) is 0 Å². The van der Waals surface area contributed by atoms with Gasteiger partial charge in [0.2, 0.25) is 0 Å². The molecule has 0 saturated carbocycles. The fourth-order valence-electron chi connectivity index (χ4n) is 6.78. The van der Waals surface area contributed by atoms with E-state index in [1.165, 1.54) is 77.0 Å². The number of unbranched alkanes of at least 4 members (excludes halogenated alkanes) is 23. The third-order valence-electron chi connectivity index (χ3n) is 10.5. The summed E-state index contributed by atoms with van der Waals surface area (Å²) in [6, 6.07) is 0. The summed E-state index contributed by atoms with van der Waals surface area (Å²) < 4.78 is 16.7. The number of hydrogen-bond donors (Lipinski definition) is 0. The molecule has 0 aliphatic heterocycles. The Balaban J connectivity index is 4.42. The van der Waals surface area contributed by atoms with Crippen molar-refractivity contribution in [1.29, 1.82) is 0 Å². The summed E-state index contributed by atoms with van der Waals surface area (Å²) in [7, 11) is 0. The summed E-state index contributed by atoms with van der Waals surface area (Å²) in [5, 5.41) is 0. The number of hydrogen-bond acceptors (Lipinski definition) is 6. The topological polar surface area (TPSA) is 78.9 Å². The van der Waals surface area contributed by atoms with Crippen molar-refractivity contribution in [3.63, 3.8) is 0 Å². The number of rotatable bonds is 44. The predicted octanol–water partition coefficient (Wildman–Crippen LogP) is 16.1. The fraction of sp³-hybridized carbons (Fsp3) is 0.755. The van der Waals surface area contributed by atoms with Crippen LogP contribution in [-0.4, -0.2) is 37.2 Å². The molecule has 0 aromatic carbocycles. The fourth-order valence-corrected chi connectivity index (χ4v) is 6.78. The van der Waals surface area contributed by atoms with Gasteiger partial charge in [0, 0.05) is 19.3 Å². The van der Waals surface area contributed by atoms with Crippen molar-refractivity contribution in [2.45, 2.75) is 245 Å². The summed E-state index contributed by atoms with van der Waals surface area (Å²) in [5.41, 5.74) is 0. The molecule has 0 amide bonds. The lowest BCUT2D eigenvalue weighted by Crippen LogP contribution is -2.30. The molecule has 0 bridgehead atoms. The molecule has 1 atom stereocenters. The first-order chi connectivity index (χ1) is 29.0. The van der Waals surface area contributed by atoms with Crippen LogP contribution in [0, 0.1) is 0 Å². The van der Waals surface area contributed by atoms with Crippen LogP contribution in [0.15, 0.2) is 60.8 Å². The monoisotopic (exact) mass is 825 g/mol. The maximum atomic E-state index is 12.8. The van der Waals surface area contributed by atoms with E-state index in [4.69, 9.17) is 14.2 Å². The second kappa shape index (κ2) is 47.8. The number of carbonyl (C=O) groups is 3. The van der Waals surface area contributed by atoms with Gasteiger partial charge in [-0.3, -0.25) is 14.4 Å². The van der Waals surface area contributed by atoms with Gasteiger partial charge < -0.3 is 14.2 Å². The number of esters is 3. The zero-order valence-corrected chi connectivity index (χ0v) is 38.8. The lowest BCUT2D eigenvalue weighted by atomic mass is 10.1. The molecule has 0 unspecified atom stereocenters. The Labute approximate surface area is 364 Å². The van der Waals surface area contributed by atoms with Crippen molar-refractivity contribution >= 4 is 17.9 Å². The van der Waals surface area contributed by atoms with Crippen molar-refractivity contribution < 1.29 is 28.6 Å². The van der Waals surface area contributed by atoms with Crippen LogP contribution in [0.1, 0.15) is 239 Å². The van der Waals surface area contributed by atoms with E-state index in [1.807, 2.05) is 0 Å². The molecule has 0 rings (SSSR count). The van der Waals surface area contributed by atoms with Crippen LogP contribution in [0.5, 0.6) is 0 Å². The quantitative estimate of drug-likeness (QED) is 0.0263. The smallest absolute Gasteiger partial charge is 0.306 e. The van der Waals surface area contributed by atoms with Crippen molar-refractivity contribution in [3.05, 3.63) is 60.8 Å². The van der Waals surface area contributed by atoms with Crippen molar-refractivity contribution in [2.75, 3.05) is 13.2 Å². The minimum atomic E-state index is -0.785. The van der Waals surface area contributed by atoms with Crippen molar-refractivity contribution in [3.8, 4) is 0 Å². The lowest BCUT2D eigenvalue weighted by molar-refractivity contribution is -0.167. The van der Waals surface area contributed by atoms with E-state index in [1.54, 1.807) is 0 Å². The molecule has 0 fully saturated rings. The van der Waals surface area contributed by atoms with E-state index in [0.29, 0.717) is 19.3 Å². The first-order valence-corrected chi connectivity index (χ1v) is 24.8. The molecular formula is C53H92O6. The highest BCUT2D eigenvalue weighted by Crippen LogP contribution is 2.14. The summed E-state index contributed by atoms with van der Waals surface area (Å²) in [4.78, 5) is 37.9. The van der Waals surface area contributed by atoms with E-state index >= 15 is 0 Å². The third kappa shape index (κ3) is 46.0. The van der Waals surface area contributed by atoms with E-state index in [9.17, 15) is 14.4 Å². The third-order valence-corrected chi connectivity index (χ3v) is 10.5. The Morgan fingerprint density at radius 2 is 0.661 bits per heavy atom. The maximum Gasteiger partial charge on any atom is 0.306 e. The van der Waals surface area contributed by atoms with Crippen LogP contribution >= 0.6 is 0 Å². The van der Waals surface area contributed by atoms with E-state index in [0.717, 1.165) is 122 Å². The number of allylic oxidation sites excluding steroid dienone is 10. The first-order valence-electron chi connectivity index (χ1n) is 24.8. The molecule has 6 nitrogen and oxygen atoms in total. The molecule has 0 spiro atoms. The second-order valence-corrected chi connectivity index (χ2v) is 16.3. The standard InChI is InChI=1S/C53H92O6/c1-4-7-10-13-16-19-22-24-26-28-31-34-37-40-43-46-52(55)58-49-50(48-57-51(54)45-42-39-36-33-30-21-18-15-12-9-6-3)59-53(56)47-44-41-38-35-32-29-27-25-23-20-17-14-11-8-5-2/h7,10,16-17,19-20,24-27,50H,4-6,8-9,11-15,18,21-23,28-49H2,1-3H3/b10-7-,19-16-,20-17-,26-24-,27-25-/t50-/m1/s1. The molecule has 0 radical (unpaired) electrons. The second-order valence-electron chi connectivity index (χ2n) is 16.3. The molecule has 0 aliphatic rings. The van der Waals surface area contributed by atoms with Crippen LogP contribution in [-0.2, 0) is 28.6 Å². The van der Waals surface area contributed by atoms with E-state index in [2.05, 4.69) is 81.5 Å². The number of ether oxygens (including phenoxy) is 3. The van der Waals surface area contributed by atoms with Crippen LogP contribution in [0.3, 0.4) is 0 Å². The Bertz CT molecular complexity index is 1090. The molecule has 0 saturated heterocycles. The Hall–Kier alpha value is -2.89. The normalized spacial score (nSPS) is 12.5. The largest absolute Gasteiger partial charge is 0.462 e.